The van der Waals surface area contributed by atoms with Crippen LogP contribution in [0.25, 0.3) is 0 Å². The number of nitrogens with zero attached hydrogens (tertiary/aromatic N) is 3. The van der Waals surface area contributed by atoms with E-state index in [4.69, 9.17) is 0 Å². The van der Waals surface area contributed by atoms with Crippen LogP contribution in [0.15, 0.2) is 29.3 Å². The third kappa shape index (κ3) is 4.15. The summed E-state index contributed by atoms with van der Waals surface area (Å²) in [6.07, 6.45) is -2.15. The number of hydrogen-bond acceptors (Lipinski definition) is 6. The van der Waals surface area contributed by atoms with Crippen molar-refractivity contribution in [2.75, 3.05) is 19.6 Å². The quantitative estimate of drug-likeness (QED) is 0.688. The molecule has 26 heavy (non-hydrogen) atoms. The fourth-order valence-electron chi connectivity index (χ4n) is 3.78. The molecule has 1 aromatic heterocycles. The van der Waals surface area contributed by atoms with E-state index in [-0.39, 0.29) is 5.75 Å². The van der Waals surface area contributed by atoms with E-state index >= 15 is 0 Å². The van der Waals surface area contributed by atoms with Crippen molar-refractivity contribution in [1.82, 2.24) is 13.6 Å². The number of aromatic nitrogens is 2. The second-order valence-corrected chi connectivity index (χ2v) is 8.20. The zero-order valence-electron chi connectivity index (χ0n) is 13.9. The highest BCUT2D eigenvalue weighted by atomic mass is 32.2. The van der Waals surface area contributed by atoms with E-state index in [0.29, 0.717) is 17.6 Å². The van der Waals surface area contributed by atoms with Gasteiger partial charge in [0.05, 0.1) is 17.4 Å². The zero-order chi connectivity index (χ0) is 18.1. The second-order valence-electron chi connectivity index (χ2n) is 6.70. The highest BCUT2D eigenvalue weighted by Crippen LogP contribution is 2.41. The summed E-state index contributed by atoms with van der Waals surface area (Å²) in [5.41, 5.74) is 2.03. The number of benzene rings is 1. The minimum absolute atomic E-state index is 0.199. The summed E-state index contributed by atoms with van der Waals surface area (Å²) < 4.78 is 49.6. The van der Waals surface area contributed by atoms with Crippen molar-refractivity contribution in [2.24, 2.45) is 5.92 Å². The molecule has 0 aliphatic carbocycles. The van der Waals surface area contributed by atoms with Crippen LogP contribution in [0.3, 0.4) is 0 Å². The number of halogens is 3. The van der Waals surface area contributed by atoms with Crippen molar-refractivity contribution in [3.8, 4) is 5.75 Å². The molecule has 140 valence electrons. The first kappa shape index (κ1) is 18.1. The molecule has 0 amide bonds. The monoisotopic (exact) mass is 401 g/mol. The molecule has 4 rings (SSSR count). The van der Waals surface area contributed by atoms with Gasteiger partial charge in [0.25, 0.3) is 0 Å². The van der Waals surface area contributed by atoms with Crippen molar-refractivity contribution in [1.29, 1.82) is 0 Å². The molecule has 2 aliphatic rings. The Morgan fingerprint density at radius 1 is 1.19 bits per heavy atom. The van der Waals surface area contributed by atoms with Gasteiger partial charge in [-0.15, -0.1) is 13.2 Å². The highest BCUT2D eigenvalue weighted by molar-refractivity contribution is 7.98. The van der Waals surface area contributed by atoms with Gasteiger partial charge < -0.3 is 9.64 Å². The van der Waals surface area contributed by atoms with Gasteiger partial charge in [0.1, 0.15) is 10.8 Å². The van der Waals surface area contributed by atoms with Gasteiger partial charge in [0, 0.05) is 24.8 Å². The normalized spacial score (nSPS) is 25.4. The second kappa shape index (κ2) is 7.36. The Labute approximate surface area is 158 Å². The van der Waals surface area contributed by atoms with Gasteiger partial charge in [-0.2, -0.15) is 8.75 Å². The molecule has 0 radical (unpaired) electrons. The molecule has 0 spiro atoms. The Hall–Kier alpha value is -1.32. The van der Waals surface area contributed by atoms with Crippen LogP contribution < -0.4 is 4.74 Å². The van der Waals surface area contributed by atoms with Crippen molar-refractivity contribution < 1.29 is 17.9 Å². The third-order valence-corrected chi connectivity index (χ3v) is 6.64. The van der Waals surface area contributed by atoms with Crippen LogP contribution in [0.2, 0.25) is 0 Å². The summed E-state index contributed by atoms with van der Waals surface area (Å²) in [5.74, 6) is 1.58. The van der Waals surface area contributed by atoms with Crippen molar-refractivity contribution >= 4 is 23.5 Å². The molecule has 3 heterocycles. The molecule has 2 fully saturated rings. The maximum Gasteiger partial charge on any atom is 0.573 e. The molecule has 4 nitrogen and oxygen atoms in total. The standard InChI is InChI=1S/C17H18F3N3OS2/c18-17(19,20)24-13-5-3-11(4-6-13)10-25-16-15(21-26-22-16)14-9-23-7-1-2-12(14)8-23/h3-6,12,14H,1-2,7-10H2. The summed E-state index contributed by atoms with van der Waals surface area (Å²) >= 11 is 2.85. The first-order valence-electron chi connectivity index (χ1n) is 8.50. The maximum absolute atomic E-state index is 12.2. The van der Waals surface area contributed by atoms with Gasteiger partial charge in [-0.1, -0.05) is 23.9 Å². The predicted molar refractivity (Wildman–Crippen MR) is 94.5 cm³/mol. The molecule has 2 bridgehead atoms. The Bertz CT molecular complexity index is 750. The lowest BCUT2D eigenvalue weighted by Gasteiger charge is -2.21. The molecular weight excluding hydrogens is 383 g/mol. The number of alkyl halides is 3. The molecule has 3 unspecified atom stereocenters. The molecule has 2 aromatic rings. The van der Waals surface area contributed by atoms with Crippen LogP contribution in [-0.4, -0.2) is 39.6 Å². The van der Waals surface area contributed by atoms with E-state index in [0.717, 1.165) is 29.4 Å². The zero-order valence-corrected chi connectivity index (χ0v) is 15.5. The molecule has 0 saturated carbocycles. The number of ether oxygens (including phenoxy) is 1. The van der Waals surface area contributed by atoms with Gasteiger partial charge in [0.15, 0.2) is 0 Å². The van der Waals surface area contributed by atoms with Crippen LogP contribution in [0.1, 0.15) is 30.0 Å². The van der Waals surface area contributed by atoms with Crippen LogP contribution in [0.5, 0.6) is 5.75 Å². The Balaban J connectivity index is 1.39. The minimum Gasteiger partial charge on any atom is -0.406 e. The van der Waals surface area contributed by atoms with E-state index in [9.17, 15) is 13.2 Å². The maximum atomic E-state index is 12.2. The first-order valence-corrected chi connectivity index (χ1v) is 10.2. The van der Waals surface area contributed by atoms with Gasteiger partial charge >= 0.3 is 6.36 Å². The first-order chi connectivity index (χ1) is 12.5. The van der Waals surface area contributed by atoms with Crippen molar-refractivity contribution in [3.05, 3.63) is 35.5 Å². The van der Waals surface area contributed by atoms with E-state index in [1.54, 1.807) is 23.9 Å². The van der Waals surface area contributed by atoms with Crippen LogP contribution >= 0.6 is 23.5 Å². The number of fused-ring (bicyclic) bond motifs is 2. The predicted octanol–water partition coefficient (Wildman–Crippen LogP) is 4.54. The Morgan fingerprint density at radius 2 is 2.00 bits per heavy atom. The molecule has 2 saturated heterocycles. The van der Waals surface area contributed by atoms with Gasteiger partial charge in [-0.25, -0.2) is 0 Å². The Kier molecular flexibility index (Phi) is 5.11. The molecule has 3 atom stereocenters. The van der Waals surface area contributed by atoms with Crippen LogP contribution in [-0.2, 0) is 5.75 Å². The molecule has 9 heteroatoms. The molecule has 2 aliphatic heterocycles. The average Bonchev–Trinajstić information content (AvgIpc) is 3.16. The fourth-order valence-corrected chi connectivity index (χ4v) is 5.50. The summed E-state index contributed by atoms with van der Waals surface area (Å²) in [7, 11) is 0. The summed E-state index contributed by atoms with van der Waals surface area (Å²) in [6.45, 7) is 3.40. The molecular formula is C17H18F3N3OS2. The largest absolute Gasteiger partial charge is 0.573 e. The van der Waals surface area contributed by atoms with Crippen LogP contribution in [0, 0.1) is 5.92 Å². The summed E-state index contributed by atoms with van der Waals surface area (Å²) in [4.78, 5) is 2.51. The van der Waals surface area contributed by atoms with Gasteiger partial charge in [-0.3, -0.25) is 0 Å². The van der Waals surface area contributed by atoms with E-state index in [1.807, 2.05) is 0 Å². The lowest BCUT2D eigenvalue weighted by molar-refractivity contribution is -0.274. The van der Waals surface area contributed by atoms with Gasteiger partial charge in [0.2, 0.25) is 0 Å². The SMILES string of the molecule is FC(F)(F)Oc1ccc(CSc2nsnc2C2CN3CCCC2C3)cc1. The fraction of sp³-hybridized carbons (Fsp3) is 0.529. The van der Waals surface area contributed by atoms with E-state index < -0.39 is 6.36 Å². The minimum atomic E-state index is -4.66. The third-order valence-electron chi connectivity index (χ3n) is 4.93. The lowest BCUT2D eigenvalue weighted by Crippen LogP contribution is -2.25. The number of hydrogen-bond donors (Lipinski definition) is 0. The van der Waals surface area contributed by atoms with Crippen molar-refractivity contribution in [3.63, 3.8) is 0 Å². The summed E-state index contributed by atoms with van der Waals surface area (Å²) in [5, 5.41) is 0.962. The molecule has 1 aromatic carbocycles. The lowest BCUT2D eigenvalue weighted by atomic mass is 9.89. The number of rotatable bonds is 5. The number of thioether (sulfide) groups is 1. The van der Waals surface area contributed by atoms with E-state index in [1.165, 1.54) is 43.2 Å². The van der Waals surface area contributed by atoms with Crippen molar-refractivity contribution in [2.45, 2.75) is 35.9 Å². The smallest absolute Gasteiger partial charge is 0.406 e. The Morgan fingerprint density at radius 3 is 2.73 bits per heavy atom. The topological polar surface area (TPSA) is 38.3 Å². The highest BCUT2D eigenvalue weighted by Gasteiger charge is 2.39. The van der Waals surface area contributed by atoms with Gasteiger partial charge in [-0.05, 0) is 43.0 Å². The number of piperidine rings is 1. The van der Waals surface area contributed by atoms with E-state index in [2.05, 4.69) is 18.4 Å². The van der Waals surface area contributed by atoms with Crippen LogP contribution in [0.4, 0.5) is 13.2 Å². The molecule has 0 N–H and O–H groups in total. The summed E-state index contributed by atoms with van der Waals surface area (Å²) in [6, 6.07) is 6.00. The average molecular weight is 401 g/mol.